The number of benzene rings is 1. The van der Waals surface area contributed by atoms with E-state index in [4.69, 9.17) is 0 Å². The number of nitrogens with zero attached hydrogens (tertiary/aromatic N) is 2. The summed E-state index contributed by atoms with van der Waals surface area (Å²) in [7, 11) is 0. The van der Waals surface area contributed by atoms with Crippen LogP contribution in [0.3, 0.4) is 0 Å². The maximum atomic E-state index is 4.07. The van der Waals surface area contributed by atoms with Crippen molar-refractivity contribution in [2.75, 3.05) is 0 Å². The molecule has 0 aliphatic heterocycles. The molecule has 102 valence electrons. The second kappa shape index (κ2) is 4.78. The Balaban J connectivity index is 2.07. The van der Waals surface area contributed by atoms with Gasteiger partial charge in [0.25, 0.3) is 0 Å². The van der Waals surface area contributed by atoms with Gasteiger partial charge in [-0.05, 0) is 40.8 Å². The van der Waals surface area contributed by atoms with Crippen LogP contribution in [0.1, 0.15) is 31.9 Å². The molecule has 0 atom stereocenters. The normalized spacial score (nSPS) is 11.9. The molecule has 3 aromatic rings. The van der Waals surface area contributed by atoms with Gasteiger partial charge in [0.2, 0.25) is 0 Å². The van der Waals surface area contributed by atoms with Gasteiger partial charge in [-0.3, -0.25) is 4.98 Å². The van der Waals surface area contributed by atoms with E-state index in [0.717, 1.165) is 6.54 Å². The van der Waals surface area contributed by atoms with Gasteiger partial charge < -0.3 is 4.57 Å². The first kappa shape index (κ1) is 12.9. The van der Waals surface area contributed by atoms with E-state index in [9.17, 15) is 0 Å². The van der Waals surface area contributed by atoms with Gasteiger partial charge in [-0.1, -0.05) is 32.9 Å². The summed E-state index contributed by atoms with van der Waals surface area (Å²) in [5.41, 5.74) is 4.15. The molecule has 0 saturated carbocycles. The van der Waals surface area contributed by atoms with Crippen molar-refractivity contribution in [3.05, 3.63) is 66.1 Å². The Morgan fingerprint density at radius 3 is 2.45 bits per heavy atom. The molecule has 0 fully saturated rings. The molecular formula is C18H20N2. The minimum absolute atomic E-state index is 0.169. The number of pyridine rings is 1. The average molecular weight is 264 g/mol. The van der Waals surface area contributed by atoms with Crippen LogP contribution in [-0.2, 0) is 12.0 Å². The first-order valence-electron chi connectivity index (χ1n) is 7.03. The highest BCUT2D eigenvalue weighted by molar-refractivity contribution is 5.84. The van der Waals surface area contributed by atoms with Crippen molar-refractivity contribution < 1.29 is 0 Å². The van der Waals surface area contributed by atoms with Crippen LogP contribution in [0.15, 0.2) is 55.0 Å². The Morgan fingerprint density at radius 2 is 1.75 bits per heavy atom. The molecule has 2 nitrogen and oxygen atoms in total. The van der Waals surface area contributed by atoms with Crippen LogP contribution in [0.2, 0.25) is 0 Å². The smallest absolute Gasteiger partial charge is 0.0486 e. The molecule has 0 saturated heterocycles. The predicted octanol–water partition coefficient (Wildman–Crippen LogP) is 4.38. The molecule has 0 aliphatic rings. The van der Waals surface area contributed by atoms with E-state index < -0.39 is 0 Å². The Kier molecular flexibility index (Phi) is 3.09. The van der Waals surface area contributed by atoms with Gasteiger partial charge in [0.1, 0.15) is 0 Å². The van der Waals surface area contributed by atoms with Crippen molar-refractivity contribution in [2.45, 2.75) is 32.7 Å². The molecule has 0 bridgehead atoms. The Bertz CT molecular complexity index is 718. The van der Waals surface area contributed by atoms with Crippen LogP contribution in [0.4, 0.5) is 0 Å². The highest BCUT2D eigenvalue weighted by Gasteiger charge is 2.17. The molecule has 0 unspecified atom stereocenters. The largest absolute Gasteiger partial charge is 0.343 e. The molecule has 0 radical (unpaired) electrons. The quantitative estimate of drug-likeness (QED) is 0.671. The highest BCUT2D eigenvalue weighted by atomic mass is 14.9. The summed E-state index contributed by atoms with van der Waals surface area (Å²) >= 11 is 0. The number of hydrogen-bond acceptors (Lipinski definition) is 1. The maximum Gasteiger partial charge on any atom is 0.0486 e. The van der Waals surface area contributed by atoms with E-state index in [0.29, 0.717) is 0 Å². The van der Waals surface area contributed by atoms with Gasteiger partial charge in [0, 0.05) is 36.0 Å². The van der Waals surface area contributed by atoms with Crippen molar-refractivity contribution >= 4 is 10.9 Å². The van der Waals surface area contributed by atoms with E-state index >= 15 is 0 Å². The van der Waals surface area contributed by atoms with E-state index in [1.807, 2.05) is 12.4 Å². The van der Waals surface area contributed by atoms with Crippen molar-refractivity contribution in [1.82, 2.24) is 9.55 Å². The van der Waals surface area contributed by atoms with Gasteiger partial charge >= 0.3 is 0 Å². The fourth-order valence-electron chi connectivity index (χ4n) is 2.70. The molecule has 1 aromatic carbocycles. The number of fused-ring (bicyclic) bond motifs is 1. The Morgan fingerprint density at radius 1 is 1.00 bits per heavy atom. The summed E-state index contributed by atoms with van der Waals surface area (Å²) in [6.45, 7) is 7.69. The van der Waals surface area contributed by atoms with Crippen molar-refractivity contribution in [3.63, 3.8) is 0 Å². The van der Waals surface area contributed by atoms with Crippen LogP contribution >= 0.6 is 0 Å². The molecule has 0 spiro atoms. The molecule has 20 heavy (non-hydrogen) atoms. The van der Waals surface area contributed by atoms with Crippen LogP contribution in [0.25, 0.3) is 10.9 Å². The minimum atomic E-state index is 0.169. The molecule has 0 N–H and O–H groups in total. The lowest BCUT2D eigenvalue weighted by Gasteiger charge is -2.20. The highest BCUT2D eigenvalue weighted by Crippen LogP contribution is 2.30. The van der Waals surface area contributed by atoms with Gasteiger partial charge in [-0.25, -0.2) is 0 Å². The van der Waals surface area contributed by atoms with E-state index in [1.54, 1.807) is 0 Å². The Labute approximate surface area is 120 Å². The van der Waals surface area contributed by atoms with Crippen molar-refractivity contribution in [1.29, 1.82) is 0 Å². The summed E-state index contributed by atoms with van der Waals surface area (Å²) in [4.78, 5) is 4.07. The summed E-state index contributed by atoms with van der Waals surface area (Å²) < 4.78 is 2.31. The first-order valence-corrected chi connectivity index (χ1v) is 7.03. The molecule has 3 rings (SSSR count). The van der Waals surface area contributed by atoms with E-state index in [1.165, 1.54) is 22.0 Å². The average Bonchev–Trinajstić information content (AvgIpc) is 2.82. The fraction of sp³-hybridized carbons (Fsp3) is 0.278. The number of aromatic nitrogens is 2. The molecule has 2 heterocycles. The lowest BCUT2D eigenvalue weighted by atomic mass is 9.85. The van der Waals surface area contributed by atoms with Crippen molar-refractivity contribution in [3.8, 4) is 0 Å². The second-order valence-corrected chi connectivity index (χ2v) is 6.29. The third-order valence-electron chi connectivity index (χ3n) is 3.72. The fourth-order valence-corrected chi connectivity index (χ4v) is 2.70. The molecule has 2 heteroatoms. The zero-order valence-corrected chi connectivity index (χ0v) is 12.3. The monoisotopic (exact) mass is 264 g/mol. The standard InChI is InChI=1S/C18H20N2/c1-18(2,3)16-5-4-6-17-15(16)9-12-20(17)13-14-7-10-19-11-8-14/h4-12H,13H2,1-3H3. The minimum Gasteiger partial charge on any atom is -0.343 e. The number of rotatable bonds is 2. The van der Waals surface area contributed by atoms with Gasteiger partial charge in [0.05, 0.1) is 0 Å². The predicted molar refractivity (Wildman–Crippen MR) is 84.0 cm³/mol. The second-order valence-electron chi connectivity index (χ2n) is 6.29. The summed E-state index contributed by atoms with van der Waals surface area (Å²) in [6, 6.07) is 13.0. The van der Waals surface area contributed by atoms with Crippen LogP contribution in [0, 0.1) is 0 Å². The van der Waals surface area contributed by atoms with Gasteiger partial charge in [0.15, 0.2) is 0 Å². The first-order chi connectivity index (χ1) is 9.55. The number of hydrogen-bond donors (Lipinski definition) is 0. The molecule has 2 aromatic heterocycles. The lowest BCUT2D eigenvalue weighted by Crippen LogP contribution is -2.11. The SMILES string of the molecule is CC(C)(C)c1cccc2c1ccn2Cc1ccncc1. The molecule has 0 amide bonds. The van der Waals surface area contributed by atoms with E-state index in [2.05, 4.69) is 72.9 Å². The summed E-state index contributed by atoms with van der Waals surface area (Å²) in [5, 5.41) is 1.36. The van der Waals surface area contributed by atoms with Crippen LogP contribution in [-0.4, -0.2) is 9.55 Å². The zero-order chi connectivity index (χ0) is 14.2. The summed E-state index contributed by atoms with van der Waals surface area (Å²) in [6.07, 6.45) is 5.88. The summed E-state index contributed by atoms with van der Waals surface area (Å²) in [5.74, 6) is 0. The maximum absolute atomic E-state index is 4.07. The van der Waals surface area contributed by atoms with Crippen molar-refractivity contribution in [2.24, 2.45) is 0 Å². The zero-order valence-electron chi connectivity index (χ0n) is 12.3. The van der Waals surface area contributed by atoms with Crippen LogP contribution in [0.5, 0.6) is 0 Å². The molecular weight excluding hydrogens is 244 g/mol. The van der Waals surface area contributed by atoms with Gasteiger partial charge in [-0.2, -0.15) is 0 Å². The van der Waals surface area contributed by atoms with E-state index in [-0.39, 0.29) is 5.41 Å². The third-order valence-corrected chi connectivity index (χ3v) is 3.72. The van der Waals surface area contributed by atoms with Crippen LogP contribution < -0.4 is 0 Å². The Hall–Kier alpha value is -2.09. The third kappa shape index (κ3) is 2.34. The molecule has 0 aliphatic carbocycles. The topological polar surface area (TPSA) is 17.8 Å². The van der Waals surface area contributed by atoms with Gasteiger partial charge in [-0.15, -0.1) is 0 Å². The lowest BCUT2D eigenvalue weighted by molar-refractivity contribution is 0.596.